The van der Waals surface area contributed by atoms with E-state index >= 15 is 0 Å². The summed E-state index contributed by atoms with van der Waals surface area (Å²) in [5.41, 5.74) is 0. The quantitative estimate of drug-likeness (QED) is 0.495. The Morgan fingerprint density at radius 3 is 2.31 bits per heavy atom. The maximum Gasteiger partial charge on any atom is 0.353 e. The average Bonchev–Trinajstić information content (AvgIpc) is 2.03. The standard InChI is InChI=1S/C6H8N2O4S/c7-13(11,12)6(8(9)10)4-2-1-3-5-6/h1-4H,5H2,(H2,7,11,12). The van der Waals surface area contributed by atoms with Crippen molar-refractivity contribution in [2.45, 2.75) is 11.3 Å². The molecule has 0 aromatic rings. The van der Waals surface area contributed by atoms with Crippen molar-refractivity contribution in [2.75, 3.05) is 0 Å². The van der Waals surface area contributed by atoms with E-state index in [-0.39, 0.29) is 6.42 Å². The molecule has 2 N–H and O–H groups in total. The zero-order valence-electron chi connectivity index (χ0n) is 6.58. The molecule has 0 radical (unpaired) electrons. The van der Waals surface area contributed by atoms with Gasteiger partial charge in [-0.25, -0.2) is 13.6 Å². The van der Waals surface area contributed by atoms with Crippen molar-refractivity contribution in [1.29, 1.82) is 0 Å². The summed E-state index contributed by atoms with van der Waals surface area (Å²) in [5.74, 6) is 0. The second kappa shape index (κ2) is 2.93. The molecule has 6 nitrogen and oxygen atoms in total. The van der Waals surface area contributed by atoms with Gasteiger partial charge in [-0.2, -0.15) is 0 Å². The fourth-order valence-corrected chi connectivity index (χ4v) is 1.84. The van der Waals surface area contributed by atoms with Crippen LogP contribution in [0.3, 0.4) is 0 Å². The summed E-state index contributed by atoms with van der Waals surface area (Å²) in [6, 6.07) is 0. The van der Waals surface area contributed by atoms with Crippen LogP contribution in [0.2, 0.25) is 0 Å². The smallest absolute Gasteiger partial charge is 0.262 e. The normalized spacial score (nSPS) is 27.5. The van der Waals surface area contributed by atoms with Gasteiger partial charge < -0.3 is 0 Å². The van der Waals surface area contributed by atoms with E-state index in [2.05, 4.69) is 0 Å². The molecule has 0 aromatic carbocycles. The molecule has 1 aliphatic carbocycles. The number of sulfonamides is 1. The maximum absolute atomic E-state index is 11.0. The molecule has 13 heavy (non-hydrogen) atoms. The third-order valence-corrected chi connectivity index (χ3v) is 3.25. The van der Waals surface area contributed by atoms with Crippen molar-refractivity contribution in [3.8, 4) is 0 Å². The number of hydrogen-bond donors (Lipinski definition) is 1. The van der Waals surface area contributed by atoms with Crippen LogP contribution in [0.4, 0.5) is 0 Å². The van der Waals surface area contributed by atoms with E-state index in [1.54, 1.807) is 0 Å². The van der Waals surface area contributed by atoms with Crippen LogP contribution in [0.25, 0.3) is 0 Å². The molecule has 0 aromatic heterocycles. The molecule has 0 heterocycles. The Morgan fingerprint density at radius 1 is 1.46 bits per heavy atom. The first-order valence-electron chi connectivity index (χ1n) is 3.41. The summed E-state index contributed by atoms with van der Waals surface area (Å²) in [4.78, 5) is 7.52. The number of rotatable bonds is 2. The molecule has 0 saturated heterocycles. The van der Waals surface area contributed by atoms with E-state index in [1.165, 1.54) is 18.2 Å². The van der Waals surface area contributed by atoms with Gasteiger partial charge in [-0.15, -0.1) is 0 Å². The Kier molecular flexibility index (Phi) is 2.22. The first-order valence-corrected chi connectivity index (χ1v) is 4.96. The molecule has 72 valence electrons. The van der Waals surface area contributed by atoms with Gasteiger partial charge in [0.2, 0.25) is 0 Å². The Balaban J connectivity index is 3.27. The van der Waals surface area contributed by atoms with Gasteiger partial charge in [-0.05, 0) is 0 Å². The second-order valence-electron chi connectivity index (χ2n) is 2.64. The topological polar surface area (TPSA) is 103 Å². The molecule has 1 atom stereocenters. The lowest BCUT2D eigenvalue weighted by molar-refractivity contribution is -0.526. The molecular formula is C6H8N2O4S. The third kappa shape index (κ3) is 1.47. The van der Waals surface area contributed by atoms with Gasteiger partial charge in [0.05, 0.1) is 6.42 Å². The molecular weight excluding hydrogens is 196 g/mol. The number of allylic oxidation sites excluding steroid dienone is 2. The third-order valence-electron chi connectivity index (χ3n) is 1.82. The van der Waals surface area contributed by atoms with Gasteiger partial charge in [-0.3, -0.25) is 10.1 Å². The number of nitrogens with two attached hydrogens (primary N) is 1. The van der Waals surface area contributed by atoms with E-state index in [4.69, 9.17) is 5.14 Å². The van der Waals surface area contributed by atoms with Gasteiger partial charge in [0.1, 0.15) is 0 Å². The van der Waals surface area contributed by atoms with E-state index in [1.807, 2.05) is 0 Å². The summed E-state index contributed by atoms with van der Waals surface area (Å²) in [6.07, 6.45) is 4.99. The van der Waals surface area contributed by atoms with Gasteiger partial charge in [-0.1, -0.05) is 18.2 Å². The predicted molar refractivity (Wildman–Crippen MR) is 45.7 cm³/mol. The van der Waals surface area contributed by atoms with Crippen LogP contribution >= 0.6 is 0 Å². The number of nitro groups is 1. The van der Waals surface area contributed by atoms with Crippen LogP contribution in [-0.2, 0) is 10.0 Å². The Hall–Kier alpha value is -1.21. The van der Waals surface area contributed by atoms with Crippen molar-refractivity contribution in [3.05, 3.63) is 34.4 Å². The summed E-state index contributed by atoms with van der Waals surface area (Å²) in [7, 11) is -4.22. The van der Waals surface area contributed by atoms with Crippen LogP contribution in [0.1, 0.15) is 6.42 Å². The Labute approximate surface area is 74.9 Å². The largest absolute Gasteiger partial charge is 0.353 e. The fourth-order valence-electron chi connectivity index (χ4n) is 1.04. The van der Waals surface area contributed by atoms with Gasteiger partial charge in [0.25, 0.3) is 10.0 Å². The van der Waals surface area contributed by atoms with E-state index in [0.29, 0.717) is 0 Å². The molecule has 7 heteroatoms. The van der Waals surface area contributed by atoms with Crippen molar-refractivity contribution in [2.24, 2.45) is 5.14 Å². The lowest BCUT2D eigenvalue weighted by Gasteiger charge is -2.19. The summed E-state index contributed by atoms with van der Waals surface area (Å²) in [5, 5.41) is 15.4. The molecule has 1 aliphatic rings. The Morgan fingerprint density at radius 2 is 2.08 bits per heavy atom. The van der Waals surface area contributed by atoms with Crippen molar-refractivity contribution >= 4 is 10.0 Å². The second-order valence-corrected chi connectivity index (χ2v) is 4.44. The number of primary sulfonamides is 1. The number of nitrogens with zero attached hydrogens (tertiary/aromatic N) is 1. The van der Waals surface area contributed by atoms with Gasteiger partial charge in [0.15, 0.2) is 0 Å². The van der Waals surface area contributed by atoms with E-state index < -0.39 is 19.8 Å². The minimum absolute atomic E-state index is 0.227. The molecule has 1 unspecified atom stereocenters. The van der Waals surface area contributed by atoms with Crippen molar-refractivity contribution in [1.82, 2.24) is 0 Å². The fraction of sp³-hybridized carbons (Fsp3) is 0.333. The molecule has 0 amide bonds. The van der Waals surface area contributed by atoms with Gasteiger partial charge in [0, 0.05) is 11.0 Å². The minimum atomic E-state index is -4.22. The zero-order chi connectivity index (χ0) is 10.1. The average molecular weight is 204 g/mol. The maximum atomic E-state index is 11.0. The minimum Gasteiger partial charge on any atom is -0.262 e. The highest BCUT2D eigenvalue weighted by Gasteiger charge is 2.51. The van der Waals surface area contributed by atoms with Crippen LogP contribution < -0.4 is 5.14 Å². The first-order chi connectivity index (χ1) is 5.90. The molecule has 0 bridgehead atoms. The van der Waals surface area contributed by atoms with Crippen molar-refractivity contribution < 1.29 is 13.3 Å². The van der Waals surface area contributed by atoms with Crippen molar-refractivity contribution in [3.63, 3.8) is 0 Å². The number of hydrogen-bond acceptors (Lipinski definition) is 4. The molecule has 0 saturated carbocycles. The summed E-state index contributed by atoms with van der Waals surface area (Å²) >= 11 is 0. The predicted octanol–water partition coefficient (Wildman–Crippen LogP) is -0.236. The summed E-state index contributed by atoms with van der Waals surface area (Å²) in [6.45, 7) is 0. The first kappa shape index (κ1) is 9.87. The SMILES string of the molecule is NS(=O)(=O)C1([N+](=O)[O-])C=CC=CC1. The van der Waals surface area contributed by atoms with Gasteiger partial charge >= 0.3 is 4.87 Å². The van der Waals surface area contributed by atoms with Crippen LogP contribution in [0.15, 0.2) is 24.3 Å². The molecule has 0 spiro atoms. The lowest BCUT2D eigenvalue weighted by atomic mass is 10.1. The monoisotopic (exact) mass is 204 g/mol. The van der Waals surface area contributed by atoms with E-state index in [0.717, 1.165) is 6.08 Å². The molecule has 0 fully saturated rings. The van der Waals surface area contributed by atoms with Crippen LogP contribution in [0.5, 0.6) is 0 Å². The molecule has 0 aliphatic heterocycles. The Bertz CT molecular complexity index is 383. The zero-order valence-corrected chi connectivity index (χ0v) is 7.40. The lowest BCUT2D eigenvalue weighted by Crippen LogP contribution is -2.48. The van der Waals surface area contributed by atoms with Crippen LogP contribution in [-0.4, -0.2) is 18.2 Å². The van der Waals surface area contributed by atoms with Crippen LogP contribution in [0, 0.1) is 10.1 Å². The highest BCUT2D eigenvalue weighted by Crippen LogP contribution is 2.25. The highest BCUT2D eigenvalue weighted by molar-refractivity contribution is 7.90. The van der Waals surface area contributed by atoms with E-state index in [9.17, 15) is 18.5 Å². The molecule has 1 rings (SSSR count). The summed E-state index contributed by atoms with van der Waals surface area (Å²) < 4.78 is 22.0. The highest BCUT2D eigenvalue weighted by atomic mass is 32.2.